The molecule has 0 aliphatic carbocycles. The summed E-state index contributed by atoms with van der Waals surface area (Å²) in [6.07, 6.45) is 0. The van der Waals surface area contributed by atoms with E-state index >= 15 is 0 Å². The molecule has 0 atom stereocenters. The van der Waals surface area contributed by atoms with Gasteiger partial charge in [0, 0.05) is 11.0 Å². The predicted octanol–water partition coefficient (Wildman–Crippen LogP) is 0.483. The van der Waals surface area contributed by atoms with Gasteiger partial charge in [-0.2, -0.15) is 0 Å². The van der Waals surface area contributed by atoms with Crippen LogP contribution in [0, 0.1) is 0 Å². The van der Waals surface area contributed by atoms with Crippen LogP contribution in [0.5, 0.6) is 0 Å². The van der Waals surface area contributed by atoms with Gasteiger partial charge in [-0.05, 0) is 0 Å². The van der Waals surface area contributed by atoms with Gasteiger partial charge in [0.25, 0.3) is 0 Å². The van der Waals surface area contributed by atoms with Crippen molar-refractivity contribution in [2.45, 2.75) is 0 Å². The third-order valence-corrected chi connectivity index (χ3v) is 0. The monoisotopic (exact) mass is 155 g/mol. The molecular weight excluding hydrogens is 153 g/mol. The van der Waals surface area contributed by atoms with E-state index in [4.69, 9.17) is 13.0 Å². The summed E-state index contributed by atoms with van der Waals surface area (Å²) in [5.41, 5.74) is 0. The molecule has 0 aromatic carbocycles. The molecule has 0 saturated carbocycles. The molecule has 0 saturated heterocycles. The number of hydrogen-bond donors (Lipinski definition) is 1. The maximum absolute atomic E-state index is 8.56. The maximum Gasteiger partial charge on any atom is 2.00 e. The van der Waals surface area contributed by atoms with Crippen molar-refractivity contribution >= 4 is 11.0 Å². The third-order valence-electron chi connectivity index (χ3n) is 0. The first-order valence-corrected chi connectivity index (χ1v) is 1.55. The summed E-state index contributed by atoms with van der Waals surface area (Å²) in [5, 5.41) is 0. The fourth-order valence-corrected chi connectivity index (χ4v) is 0. The molecule has 0 radical (unpaired) electrons. The van der Waals surface area contributed by atoms with Crippen LogP contribution in [-0.2, 0) is 35.9 Å². The van der Waals surface area contributed by atoms with E-state index in [1.54, 1.807) is 0 Å². The first-order valence-electron chi connectivity index (χ1n) is 0.516. The van der Waals surface area contributed by atoms with E-state index in [1.165, 1.54) is 0 Å². The molecule has 0 aliphatic rings. The van der Waals surface area contributed by atoms with Crippen molar-refractivity contribution in [3.63, 3.8) is 0 Å². The Bertz CT molecular complexity index is 59.2. The summed E-state index contributed by atoms with van der Waals surface area (Å²) in [4.78, 5) is 0. The quantitative estimate of drug-likeness (QED) is 0.239. The summed E-state index contributed by atoms with van der Waals surface area (Å²) < 4.78 is 24.1. The van der Waals surface area contributed by atoms with Crippen LogP contribution in [-0.4, -0.2) is 4.55 Å². The Hall–Kier alpha value is 0.364. The maximum atomic E-state index is 8.56. The molecule has 0 aromatic heterocycles. The average molecular weight is 156 g/mol. The van der Waals surface area contributed by atoms with Gasteiger partial charge in [0.2, 0.25) is 0 Å². The molecule has 3 N–H and O–H groups in total. The molecule has 0 unspecified atom stereocenters. The van der Waals surface area contributed by atoms with E-state index in [9.17, 15) is 0 Å². The molecule has 0 bridgehead atoms. The average Bonchev–Trinajstić information content (AvgIpc) is 0.811. The minimum atomic E-state index is -2.86. The molecule has 0 heterocycles. The summed E-state index contributed by atoms with van der Waals surface area (Å²) >= 11 is 0. The fraction of sp³-hybridized carbons (Fsp3) is 0. The largest absolute Gasteiger partial charge is 2.00 e. The minimum absolute atomic E-state index is 0. The zero-order chi connectivity index (χ0) is 3.58. The standard InChI is InChI=1S/H2N.Ni.HO3S/c;;1-4(2)3/h1H2;;(H,1,2,3)/q-1;+2;-1. The number of hydrogen-bond acceptors (Lipinski definition) is 3. The fourth-order valence-electron chi connectivity index (χ4n) is 0. The van der Waals surface area contributed by atoms with Gasteiger partial charge in [-0.15, -0.1) is 0 Å². The second-order valence-corrected chi connectivity index (χ2v) is 0.651. The molecule has 4 nitrogen and oxygen atoms in total. The first kappa shape index (κ1) is 16.2. The normalized spacial score (nSPS) is 5.67. The van der Waals surface area contributed by atoms with Crippen LogP contribution in [0.2, 0.25) is 0 Å². The van der Waals surface area contributed by atoms with E-state index in [1.807, 2.05) is 0 Å². The smallest absolute Gasteiger partial charge is 0.693 e. The Kier molecular flexibility index (Phi) is 24.3. The Labute approximate surface area is 47.2 Å². The SMILES string of the molecule is O=[S-](=O)O.[NH2-].[Ni+2]. The van der Waals surface area contributed by atoms with Crippen LogP contribution < -0.4 is 0 Å². The van der Waals surface area contributed by atoms with Crippen LogP contribution in [0.1, 0.15) is 0 Å². The topological polar surface area (TPSA) is 87.9 Å². The number of rotatable bonds is 0. The molecule has 0 rings (SSSR count). The molecular formula is H3NNiO3S. The summed E-state index contributed by atoms with van der Waals surface area (Å²) in [5.74, 6) is 0. The van der Waals surface area contributed by atoms with Crippen molar-refractivity contribution in [2.24, 2.45) is 0 Å². The molecule has 0 spiro atoms. The zero-order valence-electron chi connectivity index (χ0n) is 2.57. The Morgan fingerprint density at radius 3 is 1.33 bits per heavy atom. The predicted molar refractivity (Wildman–Crippen MR) is 16.7 cm³/mol. The molecule has 0 fully saturated rings. The van der Waals surface area contributed by atoms with Crippen LogP contribution in [0.3, 0.4) is 0 Å². The zero-order valence-corrected chi connectivity index (χ0v) is 4.37. The summed E-state index contributed by atoms with van der Waals surface area (Å²) in [6.45, 7) is 0. The van der Waals surface area contributed by atoms with Crippen molar-refractivity contribution in [3.8, 4) is 0 Å². The Balaban J connectivity index is -0.0000000450. The van der Waals surface area contributed by atoms with Crippen molar-refractivity contribution in [1.82, 2.24) is 0 Å². The molecule has 0 aliphatic heterocycles. The van der Waals surface area contributed by atoms with Crippen LogP contribution in [0.25, 0.3) is 6.15 Å². The van der Waals surface area contributed by atoms with E-state index in [-0.39, 0.29) is 22.6 Å². The van der Waals surface area contributed by atoms with Gasteiger partial charge in [-0.1, -0.05) is 0 Å². The van der Waals surface area contributed by atoms with Gasteiger partial charge in [-0.25, -0.2) is 0 Å². The Morgan fingerprint density at radius 1 is 1.33 bits per heavy atom. The van der Waals surface area contributed by atoms with Crippen LogP contribution >= 0.6 is 0 Å². The van der Waals surface area contributed by atoms with E-state index in [0.717, 1.165) is 0 Å². The van der Waals surface area contributed by atoms with E-state index in [2.05, 4.69) is 0 Å². The molecule has 0 amide bonds. The summed E-state index contributed by atoms with van der Waals surface area (Å²) in [6, 6.07) is 0. The van der Waals surface area contributed by atoms with Gasteiger partial charge in [0.05, 0.1) is 0 Å². The van der Waals surface area contributed by atoms with Gasteiger partial charge in [0.1, 0.15) is 0 Å². The van der Waals surface area contributed by atoms with E-state index < -0.39 is 11.0 Å². The van der Waals surface area contributed by atoms with Crippen LogP contribution in [0.15, 0.2) is 0 Å². The van der Waals surface area contributed by atoms with Gasteiger partial charge in [-0.3, -0.25) is 0 Å². The second kappa shape index (κ2) is 9.03. The van der Waals surface area contributed by atoms with Gasteiger partial charge in [0.15, 0.2) is 0 Å². The molecule has 6 heavy (non-hydrogen) atoms. The van der Waals surface area contributed by atoms with Gasteiger partial charge >= 0.3 is 16.5 Å². The van der Waals surface area contributed by atoms with Crippen LogP contribution in [0.4, 0.5) is 0 Å². The third kappa shape index (κ3) is 374. The van der Waals surface area contributed by atoms with Crippen molar-refractivity contribution in [3.05, 3.63) is 6.15 Å². The minimum Gasteiger partial charge on any atom is -0.693 e. The van der Waals surface area contributed by atoms with Crippen molar-refractivity contribution in [2.75, 3.05) is 0 Å². The Morgan fingerprint density at radius 2 is 1.33 bits per heavy atom. The van der Waals surface area contributed by atoms with Crippen molar-refractivity contribution < 1.29 is 29.5 Å². The molecule has 42 valence electrons. The first-order chi connectivity index (χ1) is 1.73. The summed E-state index contributed by atoms with van der Waals surface area (Å²) in [7, 11) is -2.86. The second-order valence-electron chi connectivity index (χ2n) is 0.217. The van der Waals surface area contributed by atoms with Gasteiger partial charge < -0.3 is 19.1 Å². The van der Waals surface area contributed by atoms with E-state index in [0.29, 0.717) is 0 Å². The molecule has 0 aromatic rings. The van der Waals surface area contributed by atoms with Crippen molar-refractivity contribution in [1.29, 1.82) is 0 Å². The molecule has 6 heteroatoms. The number of nitrogens with two attached hydrogens (primary N) is 1.